The minimum atomic E-state index is 0.187. The van der Waals surface area contributed by atoms with Crippen molar-refractivity contribution in [2.24, 2.45) is 0 Å². The second-order valence-electron chi connectivity index (χ2n) is 4.85. The quantitative estimate of drug-likeness (QED) is 0.667. The zero-order valence-corrected chi connectivity index (χ0v) is 15.4. The highest BCUT2D eigenvalue weighted by Crippen LogP contribution is 2.29. The molecule has 1 unspecified atom stereocenters. The lowest BCUT2D eigenvalue weighted by atomic mass is 9.99. The second-order valence-corrected chi connectivity index (χ2v) is 6.93. The average Bonchev–Trinajstić information content (AvgIpc) is 2.43. The van der Waals surface area contributed by atoms with Crippen molar-refractivity contribution in [2.45, 2.75) is 26.3 Å². The summed E-state index contributed by atoms with van der Waals surface area (Å²) in [6, 6.07) is 8.81. The molecule has 1 aromatic heterocycles. The van der Waals surface area contributed by atoms with Crippen LogP contribution in [0.15, 0.2) is 41.1 Å². The van der Waals surface area contributed by atoms with Gasteiger partial charge in [-0.25, -0.2) is 0 Å². The number of hydrogen-bond donors (Lipinski definition) is 1. The number of benzene rings is 1. The van der Waals surface area contributed by atoms with E-state index in [0.717, 1.165) is 17.4 Å². The normalized spacial score (nSPS) is 12.4. The van der Waals surface area contributed by atoms with Crippen molar-refractivity contribution < 1.29 is 0 Å². The van der Waals surface area contributed by atoms with Gasteiger partial charge in [-0.3, -0.25) is 4.98 Å². The van der Waals surface area contributed by atoms with Crippen LogP contribution >= 0.6 is 38.5 Å². The van der Waals surface area contributed by atoms with Crippen LogP contribution in [0.2, 0.25) is 0 Å². The van der Waals surface area contributed by atoms with Crippen LogP contribution in [0.3, 0.4) is 0 Å². The van der Waals surface area contributed by atoms with Gasteiger partial charge in [0.15, 0.2) is 0 Å². The average molecular weight is 445 g/mol. The van der Waals surface area contributed by atoms with Crippen molar-refractivity contribution in [3.05, 3.63) is 61.4 Å². The molecule has 0 fully saturated rings. The molecule has 1 N–H and O–H groups in total. The smallest absolute Gasteiger partial charge is 0.0602 e. The lowest BCUT2D eigenvalue weighted by Gasteiger charge is -2.21. The predicted molar refractivity (Wildman–Crippen MR) is 96.0 cm³/mol. The first kappa shape index (κ1) is 15.9. The van der Waals surface area contributed by atoms with Crippen LogP contribution in [-0.4, -0.2) is 11.5 Å². The minimum absolute atomic E-state index is 0.187. The summed E-state index contributed by atoms with van der Waals surface area (Å²) < 4.78 is 2.37. The fourth-order valence-corrected chi connectivity index (χ4v) is 3.19. The van der Waals surface area contributed by atoms with Gasteiger partial charge in [0.2, 0.25) is 0 Å². The Balaban J connectivity index is 2.44. The van der Waals surface area contributed by atoms with E-state index in [2.05, 4.69) is 86.9 Å². The number of pyridine rings is 1. The van der Waals surface area contributed by atoms with Crippen molar-refractivity contribution >= 4 is 38.5 Å². The van der Waals surface area contributed by atoms with Crippen LogP contribution in [0.5, 0.6) is 0 Å². The monoisotopic (exact) mass is 444 g/mol. The van der Waals surface area contributed by atoms with E-state index in [9.17, 15) is 0 Å². The molecule has 0 amide bonds. The summed E-state index contributed by atoms with van der Waals surface area (Å²) in [6.45, 7) is 5.25. The fourth-order valence-electron chi connectivity index (χ4n) is 2.17. The lowest BCUT2D eigenvalue weighted by Crippen LogP contribution is -2.24. The molecular formula is C16H18BrIN2. The first-order valence-electron chi connectivity index (χ1n) is 6.71. The Hall–Kier alpha value is -0.460. The summed E-state index contributed by atoms with van der Waals surface area (Å²) in [5.74, 6) is 0. The number of aromatic nitrogens is 1. The van der Waals surface area contributed by atoms with Crippen molar-refractivity contribution in [3.8, 4) is 0 Å². The number of aryl methyl sites for hydroxylation is 1. The van der Waals surface area contributed by atoms with E-state index in [-0.39, 0.29) is 6.04 Å². The summed E-state index contributed by atoms with van der Waals surface area (Å²) in [6.07, 6.45) is 4.96. The van der Waals surface area contributed by atoms with Crippen LogP contribution in [0.25, 0.3) is 0 Å². The second kappa shape index (κ2) is 7.52. The lowest BCUT2D eigenvalue weighted by molar-refractivity contribution is 0.594. The van der Waals surface area contributed by atoms with Crippen LogP contribution in [0.1, 0.15) is 36.1 Å². The molecule has 1 atom stereocenters. The number of hydrogen-bond acceptors (Lipinski definition) is 2. The van der Waals surface area contributed by atoms with Crippen molar-refractivity contribution in [3.63, 3.8) is 0 Å². The highest BCUT2D eigenvalue weighted by atomic mass is 127. The van der Waals surface area contributed by atoms with Crippen LogP contribution in [0, 0.1) is 10.5 Å². The van der Waals surface area contributed by atoms with E-state index in [4.69, 9.17) is 0 Å². The third-order valence-corrected chi connectivity index (χ3v) is 4.57. The molecule has 2 nitrogen and oxygen atoms in total. The molecule has 1 heterocycles. The van der Waals surface area contributed by atoms with Crippen LogP contribution in [0.4, 0.5) is 0 Å². The Bertz CT molecular complexity index is 586. The number of nitrogens with zero attached hydrogens (tertiary/aromatic N) is 1. The number of halogens is 2. The highest BCUT2D eigenvalue weighted by molar-refractivity contribution is 14.1. The molecule has 0 bridgehead atoms. The SMILES string of the molecule is CCCNC(c1cncc(C)c1)c1cc(Br)ccc1I. The molecule has 0 spiro atoms. The topological polar surface area (TPSA) is 24.9 Å². The summed E-state index contributed by atoms with van der Waals surface area (Å²) in [5, 5.41) is 3.63. The third-order valence-electron chi connectivity index (χ3n) is 3.10. The summed E-state index contributed by atoms with van der Waals surface area (Å²) in [5.41, 5.74) is 3.70. The molecule has 0 saturated carbocycles. The first-order chi connectivity index (χ1) is 9.61. The van der Waals surface area contributed by atoms with Gasteiger partial charge in [-0.15, -0.1) is 0 Å². The van der Waals surface area contributed by atoms with Gasteiger partial charge in [-0.05, 0) is 77.4 Å². The van der Waals surface area contributed by atoms with Crippen LogP contribution < -0.4 is 5.32 Å². The highest BCUT2D eigenvalue weighted by Gasteiger charge is 2.17. The maximum atomic E-state index is 4.34. The van der Waals surface area contributed by atoms with E-state index < -0.39 is 0 Å². The molecule has 0 saturated heterocycles. The van der Waals surface area contributed by atoms with Crippen molar-refractivity contribution in [2.75, 3.05) is 6.54 Å². The van der Waals surface area contributed by atoms with Gasteiger partial charge in [0.25, 0.3) is 0 Å². The van der Waals surface area contributed by atoms with Gasteiger partial charge in [-0.1, -0.05) is 28.9 Å². The van der Waals surface area contributed by atoms with Crippen LogP contribution in [-0.2, 0) is 0 Å². The summed E-state index contributed by atoms with van der Waals surface area (Å²) >= 11 is 5.97. The van der Waals surface area contributed by atoms with Gasteiger partial charge in [0.05, 0.1) is 6.04 Å². The molecule has 1 aromatic carbocycles. The summed E-state index contributed by atoms with van der Waals surface area (Å²) in [7, 11) is 0. The van der Waals surface area contributed by atoms with Gasteiger partial charge < -0.3 is 5.32 Å². The third kappa shape index (κ3) is 4.02. The van der Waals surface area contributed by atoms with E-state index >= 15 is 0 Å². The number of rotatable bonds is 5. The maximum Gasteiger partial charge on any atom is 0.0602 e. The zero-order chi connectivity index (χ0) is 14.5. The van der Waals surface area contributed by atoms with E-state index in [1.165, 1.54) is 20.3 Å². The van der Waals surface area contributed by atoms with Crippen molar-refractivity contribution in [1.82, 2.24) is 10.3 Å². The van der Waals surface area contributed by atoms with Gasteiger partial charge in [0.1, 0.15) is 0 Å². The van der Waals surface area contributed by atoms with Gasteiger partial charge >= 0.3 is 0 Å². The minimum Gasteiger partial charge on any atom is -0.306 e. The molecule has 20 heavy (non-hydrogen) atoms. The molecule has 2 aromatic rings. The standard InChI is InChI=1S/C16H18BrIN2/c1-3-6-20-16(12-7-11(2)9-19-10-12)14-8-13(17)4-5-15(14)18/h4-5,7-10,16,20H,3,6H2,1-2H3. The summed E-state index contributed by atoms with van der Waals surface area (Å²) in [4.78, 5) is 4.34. The molecule has 0 aliphatic carbocycles. The molecule has 0 aliphatic rings. The Morgan fingerprint density at radius 3 is 2.80 bits per heavy atom. The Morgan fingerprint density at radius 2 is 2.10 bits per heavy atom. The molecule has 4 heteroatoms. The molecular weight excluding hydrogens is 427 g/mol. The molecule has 2 rings (SSSR count). The first-order valence-corrected chi connectivity index (χ1v) is 8.59. The molecule has 0 radical (unpaired) electrons. The fraction of sp³-hybridized carbons (Fsp3) is 0.312. The Labute approximate surface area is 142 Å². The zero-order valence-electron chi connectivity index (χ0n) is 11.7. The molecule has 0 aliphatic heterocycles. The van der Waals surface area contributed by atoms with Gasteiger partial charge in [0, 0.05) is 20.4 Å². The van der Waals surface area contributed by atoms with Gasteiger partial charge in [-0.2, -0.15) is 0 Å². The van der Waals surface area contributed by atoms with E-state index in [0.29, 0.717) is 0 Å². The predicted octanol–water partition coefficient (Wildman–Crippen LogP) is 4.85. The van der Waals surface area contributed by atoms with E-state index in [1.54, 1.807) is 0 Å². The Kier molecular flexibility index (Phi) is 5.99. The Morgan fingerprint density at radius 1 is 1.30 bits per heavy atom. The largest absolute Gasteiger partial charge is 0.306 e. The molecule has 106 valence electrons. The van der Waals surface area contributed by atoms with Crippen molar-refractivity contribution in [1.29, 1.82) is 0 Å². The number of nitrogens with one attached hydrogen (secondary N) is 1. The van der Waals surface area contributed by atoms with E-state index in [1.807, 2.05) is 12.4 Å². The maximum absolute atomic E-state index is 4.34.